The third-order valence-electron chi connectivity index (χ3n) is 7.80. The van der Waals surface area contributed by atoms with Gasteiger partial charge in [-0.1, -0.05) is 69.0 Å². The Bertz CT molecular complexity index is 738. The van der Waals surface area contributed by atoms with Gasteiger partial charge in [-0.25, -0.2) is 0 Å². The molecule has 0 atom stereocenters. The zero-order valence-electron chi connectivity index (χ0n) is 19.4. The molecule has 2 heteroatoms. The number of hydrogen-bond donors (Lipinski definition) is 0. The summed E-state index contributed by atoms with van der Waals surface area (Å²) in [5.41, 5.74) is 3.01. The lowest BCUT2D eigenvalue weighted by Crippen LogP contribution is -2.14. The summed E-state index contributed by atoms with van der Waals surface area (Å²) >= 11 is 0. The molecule has 1 aromatic rings. The standard InChI is InChI=1S/C29H40FN/c1-2-23-14-18-27(19-15-23)28-20-16-25(17-21-28)7-4-3-6-24-10-12-26(13-11-24)8-5-9-29(30)22-31/h5,8-9,14-15,18-19,24-26,28H,2-4,6-7,10-13,16-17,20-21H2,1H3/b8-5+,29-9-. The van der Waals surface area contributed by atoms with Gasteiger partial charge in [-0.05, 0) is 98.7 Å². The van der Waals surface area contributed by atoms with Crippen molar-refractivity contribution in [2.24, 2.45) is 17.8 Å². The number of nitriles is 1. The Morgan fingerprint density at radius 2 is 1.52 bits per heavy atom. The summed E-state index contributed by atoms with van der Waals surface area (Å²) in [6, 6.07) is 10.9. The molecule has 0 bridgehead atoms. The fourth-order valence-corrected chi connectivity index (χ4v) is 5.68. The molecule has 1 aromatic carbocycles. The van der Waals surface area contributed by atoms with Gasteiger partial charge in [-0.3, -0.25) is 0 Å². The molecule has 2 fully saturated rings. The van der Waals surface area contributed by atoms with E-state index in [4.69, 9.17) is 5.26 Å². The second kappa shape index (κ2) is 12.8. The van der Waals surface area contributed by atoms with Crippen molar-refractivity contribution in [3.63, 3.8) is 0 Å². The van der Waals surface area contributed by atoms with E-state index in [-0.39, 0.29) is 0 Å². The van der Waals surface area contributed by atoms with Crippen molar-refractivity contribution in [1.82, 2.24) is 0 Å². The minimum atomic E-state index is -0.705. The summed E-state index contributed by atoms with van der Waals surface area (Å²) in [4.78, 5) is 0. The van der Waals surface area contributed by atoms with Gasteiger partial charge in [0.25, 0.3) is 0 Å². The minimum absolute atomic E-state index is 0.562. The largest absolute Gasteiger partial charge is 0.199 e. The Morgan fingerprint density at radius 1 is 0.935 bits per heavy atom. The summed E-state index contributed by atoms with van der Waals surface area (Å²) in [6.45, 7) is 2.23. The number of halogens is 1. The number of aryl methyl sites for hydroxylation is 1. The highest BCUT2D eigenvalue weighted by Crippen LogP contribution is 2.38. The van der Waals surface area contributed by atoms with Crippen molar-refractivity contribution in [2.75, 3.05) is 0 Å². The van der Waals surface area contributed by atoms with Gasteiger partial charge in [-0.15, -0.1) is 0 Å². The average molecular weight is 422 g/mol. The van der Waals surface area contributed by atoms with Gasteiger partial charge < -0.3 is 0 Å². The normalized spacial score (nSPS) is 27.3. The van der Waals surface area contributed by atoms with Crippen LogP contribution in [0.25, 0.3) is 0 Å². The highest BCUT2D eigenvalue weighted by Gasteiger charge is 2.23. The van der Waals surface area contributed by atoms with Gasteiger partial charge in [0.15, 0.2) is 5.83 Å². The van der Waals surface area contributed by atoms with E-state index in [1.165, 1.54) is 94.8 Å². The van der Waals surface area contributed by atoms with E-state index in [1.54, 1.807) is 11.6 Å². The van der Waals surface area contributed by atoms with Crippen molar-refractivity contribution < 1.29 is 4.39 Å². The Kier molecular flexibility index (Phi) is 9.85. The summed E-state index contributed by atoms with van der Waals surface area (Å²) < 4.78 is 12.8. The molecule has 0 amide bonds. The second-order valence-corrected chi connectivity index (χ2v) is 9.89. The maximum absolute atomic E-state index is 12.8. The quantitative estimate of drug-likeness (QED) is 0.222. The molecule has 0 N–H and O–H groups in total. The van der Waals surface area contributed by atoms with Gasteiger partial charge in [-0.2, -0.15) is 9.65 Å². The maximum Gasteiger partial charge on any atom is 0.199 e. The number of allylic oxidation sites excluding steroid dienone is 4. The van der Waals surface area contributed by atoms with E-state index in [2.05, 4.69) is 37.3 Å². The molecule has 168 valence electrons. The predicted octanol–water partition coefficient (Wildman–Crippen LogP) is 8.82. The summed E-state index contributed by atoms with van der Waals surface area (Å²) in [6.07, 6.45) is 22.4. The van der Waals surface area contributed by atoms with Gasteiger partial charge in [0.2, 0.25) is 0 Å². The number of unbranched alkanes of at least 4 members (excludes halogenated alkanes) is 1. The van der Waals surface area contributed by atoms with Gasteiger partial charge in [0.05, 0.1) is 0 Å². The smallest absolute Gasteiger partial charge is 0.195 e. The number of hydrogen-bond acceptors (Lipinski definition) is 1. The minimum Gasteiger partial charge on any atom is -0.195 e. The first kappa shape index (κ1) is 23.8. The molecule has 2 aliphatic rings. The zero-order chi connectivity index (χ0) is 21.9. The number of nitrogens with zero attached hydrogens (tertiary/aromatic N) is 1. The van der Waals surface area contributed by atoms with Gasteiger partial charge in [0, 0.05) is 0 Å². The summed E-state index contributed by atoms with van der Waals surface area (Å²) in [5.74, 6) is 2.49. The van der Waals surface area contributed by atoms with Gasteiger partial charge >= 0.3 is 0 Å². The Balaban J connectivity index is 1.25. The fraction of sp³-hybridized carbons (Fsp3) is 0.621. The zero-order valence-corrected chi connectivity index (χ0v) is 19.4. The first-order valence-corrected chi connectivity index (χ1v) is 12.7. The molecule has 0 heterocycles. The van der Waals surface area contributed by atoms with Crippen LogP contribution in [0.1, 0.15) is 101 Å². The summed E-state index contributed by atoms with van der Waals surface area (Å²) in [5, 5.41) is 8.44. The van der Waals surface area contributed by atoms with Crippen LogP contribution < -0.4 is 0 Å². The Labute approximate surface area is 189 Å². The summed E-state index contributed by atoms with van der Waals surface area (Å²) in [7, 11) is 0. The molecular weight excluding hydrogens is 381 g/mol. The second-order valence-electron chi connectivity index (χ2n) is 9.89. The van der Waals surface area contributed by atoms with Crippen LogP contribution in [0, 0.1) is 29.1 Å². The molecule has 0 aromatic heterocycles. The molecule has 0 spiro atoms. The van der Waals surface area contributed by atoms with Crippen LogP contribution in [0.3, 0.4) is 0 Å². The topological polar surface area (TPSA) is 23.8 Å². The molecule has 31 heavy (non-hydrogen) atoms. The van der Waals surface area contributed by atoms with Crippen molar-refractivity contribution in [3.05, 3.63) is 59.4 Å². The monoisotopic (exact) mass is 421 g/mol. The highest BCUT2D eigenvalue weighted by molar-refractivity contribution is 5.25. The SMILES string of the molecule is CCc1ccc(C2CCC(CCCCC3CCC(/C=C/C=C(\F)C#N)CC3)CC2)cc1. The van der Waals surface area contributed by atoms with Crippen LogP contribution in [-0.4, -0.2) is 0 Å². The van der Waals surface area contributed by atoms with Crippen molar-refractivity contribution in [3.8, 4) is 6.07 Å². The van der Waals surface area contributed by atoms with Crippen molar-refractivity contribution >= 4 is 0 Å². The third kappa shape index (κ3) is 7.95. The lowest BCUT2D eigenvalue weighted by molar-refractivity contribution is 0.273. The van der Waals surface area contributed by atoms with Crippen LogP contribution in [0.5, 0.6) is 0 Å². The lowest BCUT2D eigenvalue weighted by Gasteiger charge is -2.29. The van der Waals surface area contributed by atoms with E-state index in [0.29, 0.717) is 5.92 Å². The van der Waals surface area contributed by atoms with Crippen molar-refractivity contribution in [1.29, 1.82) is 5.26 Å². The van der Waals surface area contributed by atoms with Crippen LogP contribution in [0.15, 0.2) is 48.3 Å². The van der Waals surface area contributed by atoms with E-state index in [9.17, 15) is 4.39 Å². The lowest BCUT2D eigenvalue weighted by atomic mass is 9.76. The van der Waals surface area contributed by atoms with Crippen LogP contribution in [0.4, 0.5) is 4.39 Å². The van der Waals surface area contributed by atoms with E-state index in [1.807, 2.05) is 0 Å². The molecule has 0 unspecified atom stereocenters. The molecule has 0 radical (unpaired) electrons. The molecule has 2 saturated carbocycles. The number of benzene rings is 1. The van der Waals surface area contributed by atoms with Crippen LogP contribution >= 0.6 is 0 Å². The molecule has 3 rings (SSSR count). The van der Waals surface area contributed by atoms with Crippen molar-refractivity contribution in [2.45, 2.75) is 96.3 Å². The maximum atomic E-state index is 12.8. The third-order valence-corrected chi connectivity index (χ3v) is 7.80. The van der Waals surface area contributed by atoms with Crippen LogP contribution in [0.2, 0.25) is 0 Å². The molecule has 2 aliphatic carbocycles. The first-order valence-electron chi connectivity index (χ1n) is 12.7. The molecule has 0 saturated heterocycles. The fourth-order valence-electron chi connectivity index (χ4n) is 5.68. The Morgan fingerprint density at radius 3 is 2.06 bits per heavy atom. The first-order chi connectivity index (χ1) is 15.2. The van der Waals surface area contributed by atoms with Gasteiger partial charge in [0.1, 0.15) is 6.07 Å². The molecular formula is C29H40FN. The Hall–Kier alpha value is -1.88. The van der Waals surface area contributed by atoms with E-state index < -0.39 is 5.83 Å². The van der Waals surface area contributed by atoms with E-state index in [0.717, 1.165) is 24.2 Å². The highest BCUT2D eigenvalue weighted by atomic mass is 19.1. The molecule has 1 nitrogen and oxygen atoms in total. The van der Waals surface area contributed by atoms with E-state index >= 15 is 0 Å². The van der Waals surface area contributed by atoms with Crippen LogP contribution in [-0.2, 0) is 6.42 Å². The molecule has 0 aliphatic heterocycles. The number of rotatable bonds is 9. The average Bonchev–Trinajstić information content (AvgIpc) is 2.83. The predicted molar refractivity (Wildman–Crippen MR) is 128 cm³/mol.